The van der Waals surface area contributed by atoms with Crippen LogP contribution in [-0.2, 0) is 25.2 Å². The predicted molar refractivity (Wildman–Crippen MR) is 88.5 cm³/mol. The molecule has 3 rings (SSSR count). The Morgan fingerprint density at radius 3 is 2.43 bits per heavy atom. The highest BCUT2D eigenvalue weighted by Crippen LogP contribution is 2.24. The van der Waals surface area contributed by atoms with Crippen molar-refractivity contribution in [2.45, 2.75) is 19.0 Å². The van der Waals surface area contributed by atoms with Crippen LogP contribution in [0, 0.1) is 6.92 Å². The molecule has 1 heterocycles. The van der Waals surface area contributed by atoms with Gasteiger partial charge in [-0.05, 0) is 24.6 Å². The number of hydrogen-bond acceptors (Lipinski definition) is 4. The fraction of sp³-hybridized carbons (Fsp3) is 0.294. The minimum Gasteiger partial charge on any atom is -0.346 e. The van der Waals surface area contributed by atoms with Crippen LogP contribution in [0.1, 0.15) is 23.0 Å². The number of benzene rings is 2. The standard InChI is InChI=1S/C17H19NO4S/c1-13-3-2-4-14(11-13)12-23(19,20)18-16-7-5-15(6-8-16)17-21-9-10-22-17/h2-8,11,17-18H,9-10,12H2,1H3. The van der Waals surface area contributed by atoms with E-state index in [4.69, 9.17) is 9.47 Å². The molecule has 1 saturated heterocycles. The molecule has 1 aliphatic rings. The zero-order valence-electron chi connectivity index (χ0n) is 12.9. The Morgan fingerprint density at radius 2 is 1.78 bits per heavy atom. The lowest BCUT2D eigenvalue weighted by Gasteiger charge is -2.12. The van der Waals surface area contributed by atoms with Crippen LogP contribution in [0.4, 0.5) is 5.69 Å². The lowest BCUT2D eigenvalue weighted by molar-refractivity contribution is -0.0441. The van der Waals surface area contributed by atoms with E-state index in [2.05, 4.69) is 4.72 Å². The van der Waals surface area contributed by atoms with Gasteiger partial charge in [0.15, 0.2) is 6.29 Å². The largest absolute Gasteiger partial charge is 0.346 e. The van der Waals surface area contributed by atoms with E-state index in [1.54, 1.807) is 24.3 Å². The third-order valence-electron chi connectivity index (χ3n) is 3.52. The highest BCUT2D eigenvalue weighted by Gasteiger charge is 2.18. The molecule has 2 aromatic carbocycles. The molecule has 0 aromatic heterocycles. The first-order chi connectivity index (χ1) is 11.0. The molecule has 0 amide bonds. The van der Waals surface area contributed by atoms with E-state index >= 15 is 0 Å². The normalized spacial score (nSPS) is 15.7. The molecule has 5 nitrogen and oxygen atoms in total. The molecule has 0 unspecified atom stereocenters. The highest BCUT2D eigenvalue weighted by atomic mass is 32.2. The van der Waals surface area contributed by atoms with Crippen LogP contribution in [0.2, 0.25) is 0 Å². The lowest BCUT2D eigenvalue weighted by atomic mass is 10.2. The number of hydrogen-bond donors (Lipinski definition) is 1. The van der Waals surface area contributed by atoms with Gasteiger partial charge < -0.3 is 9.47 Å². The van der Waals surface area contributed by atoms with E-state index < -0.39 is 10.0 Å². The van der Waals surface area contributed by atoms with Gasteiger partial charge in [0.25, 0.3) is 0 Å². The van der Waals surface area contributed by atoms with Crippen LogP contribution in [-0.4, -0.2) is 21.6 Å². The minimum absolute atomic E-state index is 0.0503. The van der Waals surface area contributed by atoms with Crippen molar-refractivity contribution in [2.75, 3.05) is 17.9 Å². The number of nitrogens with one attached hydrogen (secondary N) is 1. The number of aryl methyl sites for hydroxylation is 1. The van der Waals surface area contributed by atoms with E-state index in [0.29, 0.717) is 18.9 Å². The average Bonchev–Trinajstić information content (AvgIpc) is 3.01. The summed E-state index contributed by atoms with van der Waals surface area (Å²) < 4.78 is 37.9. The van der Waals surface area contributed by atoms with E-state index in [9.17, 15) is 8.42 Å². The number of rotatable bonds is 5. The molecule has 1 N–H and O–H groups in total. The molecular weight excluding hydrogens is 314 g/mol. The first-order valence-corrected chi connectivity index (χ1v) is 9.06. The summed E-state index contributed by atoms with van der Waals surface area (Å²) in [5.41, 5.74) is 3.21. The van der Waals surface area contributed by atoms with E-state index in [1.165, 1.54) is 0 Å². The van der Waals surface area contributed by atoms with E-state index in [-0.39, 0.29) is 12.0 Å². The zero-order chi connectivity index (χ0) is 16.3. The predicted octanol–water partition coefficient (Wildman–Crippen LogP) is 2.98. The summed E-state index contributed by atoms with van der Waals surface area (Å²) in [6.07, 6.45) is -0.354. The summed E-state index contributed by atoms with van der Waals surface area (Å²) in [6.45, 7) is 3.10. The summed E-state index contributed by atoms with van der Waals surface area (Å²) in [7, 11) is -3.45. The van der Waals surface area contributed by atoms with Crippen molar-refractivity contribution in [1.29, 1.82) is 0 Å². The molecule has 2 aromatic rings. The third kappa shape index (κ3) is 4.31. The summed E-state index contributed by atoms with van der Waals surface area (Å²) in [6, 6.07) is 14.5. The first-order valence-electron chi connectivity index (χ1n) is 7.41. The second-order valence-corrected chi connectivity index (χ2v) is 7.27. The maximum atomic E-state index is 12.3. The number of sulfonamides is 1. The average molecular weight is 333 g/mol. The van der Waals surface area contributed by atoms with Gasteiger partial charge in [0.1, 0.15) is 0 Å². The van der Waals surface area contributed by atoms with Gasteiger partial charge in [-0.3, -0.25) is 4.72 Å². The van der Waals surface area contributed by atoms with Gasteiger partial charge in [0, 0.05) is 11.3 Å². The van der Waals surface area contributed by atoms with Crippen LogP contribution in [0.3, 0.4) is 0 Å². The lowest BCUT2D eigenvalue weighted by Crippen LogP contribution is -2.15. The Hall–Kier alpha value is -1.89. The van der Waals surface area contributed by atoms with Crippen molar-refractivity contribution in [3.05, 3.63) is 65.2 Å². The van der Waals surface area contributed by atoms with Gasteiger partial charge in [0.2, 0.25) is 10.0 Å². The quantitative estimate of drug-likeness (QED) is 0.913. The Bertz CT molecular complexity index is 765. The zero-order valence-corrected chi connectivity index (χ0v) is 13.7. The molecule has 0 atom stereocenters. The molecule has 0 bridgehead atoms. The van der Waals surface area contributed by atoms with Crippen molar-refractivity contribution in [1.82, 2.24) is 0 Å². The Kier molecular flexibility index (Phi) is 4.66. The molecule has 23 heavy (non-hydrogen) atoms. The van der Waals surface area contributed by atoms with Gasteiger partial charge in [0.05, 0.1) is 19.0 Å². The van der Waals surface area contributed by atoms with Crippen molar-refractivity contribution in [3.63, 3.8) is 0 Å². The summed E-state index contributed by atoms with van der Waals surface area (Å²) in [4.78, 5) is 0. The van der Waals surface area contributed by atoms with Crippen molar-refractivity contribution in [2.24, 2.45) is 0 Å². The fourth-order valence-corrected chi connectivity index (χ4v) is 3.68. The molecule has 0 radical (unpaired) electrons. The van der Waals surface area contributed by atoms with Gasteiger partial charge >= 0.3 is 0 Å². The van der Waals surface area contributed by atoms with Crippen molar-refractivity contribution < 1.29 is 17.9 Å². The number of anilines is 1. The molecule has 0 saturated carbocycles. The maximum Gasteiger partial charge on any atom is 0.236 e. The van der Waals surface area contributed by atoms with Crippen LogP contribution in [0.5, 0.6) is 0 Å². The van der Waals surface area contributed by atoms with Crippen molar-refractivity contribution >= 4 is 15.7 Å². The Balaban J connectivity index is 1.67. The van der Waals surface area contributed by atoms with Gasteiger partial charge in [-0.2, -0.15) is 0 Å². The highest BCUT2D eigenvalue weighted by molar-refractivity contribution is 7.91. The molecule has 1 aliphatic heterocycles. The minimum atomic E-state index is -3.45. The van der Waals surface area contributed by atoms with Gasteiger partial charge in [-0.1, -0.05) is 42.0 Å². The van der Waals surface area contributed by atoms with Gasteiger partial charge in [-0.15, -0.1) is 0 Å². The van der Waals surface area contributed by atoms with Gasteiger partial charge in [-0.25, -0.2) is 8.42 Å². The number of ether oxygens (including phenoxy) is 2. The van der Waals surface area contributed by atoms with Crippen molar-refractivity contribution in [3.8, 4) is 0 Å². The molecule has 0 spiro atoms. The second-order valence-electron chi connectivity index (χ2n) is 5.55. The van der Waals surface area contributed by atoms with E-state index in [0.717, 1.165) is 16.7 Å². The monoisotopic (exact) mass is 333 g/mol. The summed E-state index contributed by atoms with van der Waals surface area (Å²) in [5.74, 6) is -0.0503. The summed E-state index contributed by atoms with van der Waals surface area (Å²) in [5, 5.41) is 0. The third-order valence-corrected chi connectivity index (χ3v) is 4.78. The first kappa shape index (κ1) is 16.0. The van der Waals surface area contributed by atoms with E-state index in [1.807, 2.05) is 31.2 Å². The van der Waals surface area contributed by atoms with Crippen LogP contribution in [0.15, 0.2) is 48.5 Å². The Labute approximate surface area is 136 Å². The molecule has 0 aliphatic carbocycles. The molecular formula is C17H19NO4S. The van der Waals surface area contributed by atoms with Crippen LogP contribution in [0.25, 0.3) is 0 Å². The second kappa shape index (κ2) is 6.70. The molecule has 122 valence electrons. The SMILES string of the molecule is Cc1cccc(CS(=O)(=O)Nc2ccc(C3OCCO3)cc2)c1. The summed E-state index contributed by atoms with van der Waals surface area (Å²) >= 11 is 0. The molecule has 6 heteroatoms. The smallest absolute Gasteiger partial charge is 0.236 e. The Morgan fingerprint density at radius 1 is 1.09 bits per heavy atom. The molecule has 1 fully saturated rings. The maximum absolute atomic E-state index is 12.3. The van der Waals surface area contributed by atoms with Crippen LogP contribution >= 0.6 is 0 Å². The van der Waals surface area contributed by atoms with Crippen LogP contribution < -0.4 is 4.72 Å². The fourth-order valence-electron chi connectivity index (χ4n) is 2.50. The topological polar surface area (TPSA) is 64.6 Å².